The third-order valence-electron chi connectivity index (χ3n) is 2.58. The smallest absolute Gasteiger partial charge is 0.0478 e. The highest BCUT2D eigenvalue weighted by molar-refractivity contribution is 7.99. The molecule has 0 atom stereocenters. The lowest BCUT2D eigenvalue weighted by Gasteiger charge is -2.05. The minimum Gasteiger partial charge on any atom is -0.381 e. The van der Waals surface area contributed by atoms with Crippen LogP contribution in [0.2, 0.25) is 0 Å². The average Bonchev–Trinajstić information content (AvgIpc) is 2.42. The number of nitrogens with one attached hydrogen (secondary N) is 1. The van der Waals surface area contributed by atoms with Gasteiger partial charge in [-0.1, -0.05) is 31.5 Å². The van der Waals surface area contributed by atoms with E-state index < -0.39 is 0 Å². The summed E-state index contributed by atoms with van der Waals surface area (Å²) in [4.78, 5) is 1.35. The van der Waals surface area contributed by atoms with Crippen molar-refractivity contribution in [2.24, 2.45) is 0 Å². The second kappa shape index (κ2) is 11.6. The summed E-state index contributed by atoms with van der Waals surface area (Å²) in [5.74, 6) is 1.13. The molecule has 0 aliphatic carbocycles. The molecule has 0 aliphatic heterocycles. The molecule has 0 fully saturated rings. The zero-order chi connectivity index (χ0) is 12.9. The van der Waals surface area contributed by atoms with Crippen LogP contribution in [-0.4, -0.2) is 32.1 Å². The van der Waals surface area contributed by atoms with Gasteiger partial charge >= 0.3 is 0 Å². The predicted molar refractivity (Wildman–Crippen MR) is 80.4 cm³/mol. The molecule has 1 aromatic rings. The third-order valence-corrected chi connectivity index (χ3v) is 3.59. The Bertz CT molecular complexity index is 279. The average molecular weight is 267 g/mol. The van der Waals surface area contributed by atoms with E-state index in [0.29, 0.717) is 0 Å². The fraction of sp³-hybridized carbons (Fsp3) is 0.600. The van der Waals surface area contributed by atoms with Crippen molar-refractivity contribution < 1.29 is 4.74 Å². The van der Waals surface area contributed by atoms with Gasteiger partial charge < -0.3 is 10.1 Å². The van der Waals surface area contributed by atoms with Crippen molar-refractivity contribution >= 4 is 11.8 Å². The summed E-state index contributed by atoms with van der Waals surface area (Å²) in [5, 5.41) is 3.45. The topological polar surface area (TPSA) is 21.3 Å². The van der Waals surface area contributed by atoms with Gasteiger partial charge in [0.2, 0.25) is 0 Å². The molecule has 0 saturated carbocycles. The van der Waals surface area contributed by atoms with Gasteiger partial charge in [-0.25, -0.2) is 0 Å². The Hall–Kier alpha value is -0.510. The first-order valence-electron chi connectivity index (χ1n) is 6.90. The van der Waals surface area contributed by atoms with E-state index in [-0.39, 0.29) is 0 Å². The molecule has 18 heavy (non-hydrogen) atoms. The first-order valence-corrected chi connectivity index (χ1v) is 7.88. The second-order valence-electron chi connectivity index (χ2n) is 4.23. The van der Waals surface area contributed by atoms with Gasteiger partial charge in [-0.3, -0.25) is 0 Å². The Balaban J connectivity index is 1.82. The van der Waals surface area contributed by atoms with Crippen LogP contribution in [0.15, 0.2) is 35.2 Å². The first kappa shape index (κ1) is 15.5. The Labute approximate surface area is 116 Å². The molecule has 0 amide bonds. The Kier molecular flexibility index (Phi) is 10.00. The molecule has 2 nitrogen and oxygen atoms in total. The van der Waals surface area contributed by atoms with Crippen molar-refractivity contribution in [1.29, 1.82) is 0 Å². The predicted octanol–water partition coefficient (Wildman–Crippen LogP) is 3.58. The molecule has 0 unspecified atom stereocenters. The van der Waals surface area contributed by atoms with E-state index >= 15 is 0 Å². The van der Waals surface area contributed by atoms with E-state index in [1.807, 2.05) is 11.8 Å². The largest absolute Gasteiger partial charge is 0.381 e. The van der Waals surface area contributed by atoms with Gasteiger partial charge in [0.25, 0.3) is 0 Å². The summed E-state index contributed by atoms with van der Waals surface area (Å²) in [7, 11) is 0. The van der Waals surface area contributed by atoms with Crippen molar-refractivity contribution in [3.05, 3.63) is 30.3 Å². The molecule has 1 rings (SSSR count). The fourth-order valence-electron chi connectivity index (χ4n) is 1.53. The third kappa shape index (κ3) is 8.56. The maximum atomic E-state index is 5.50. The summed E-state index contributed by atoms with van der Waals surface area (Å²) in [6, 6.07) is 10.5. The number of ether oxygens (including phenoxy) is 1. The standard InChI is InChI=1S/C15H25NOS/c1-2-3-12-17-13-7-10-16-11-14-18-15-8-5-4-6-9-15/h4-6,8-9,16H,2-3,7,10-14H2,1H3. The second-order valence-corrected chi connectivity index (χ2v) is 5.40. The molecule has 0 aliphatic rings. The van der Waals surface area contributed by atoms with Crippen LogP contribution in [0, 0.1) is 0 Å². The Morgan fingerprint density at radius 3 is 2.61 bits per heavy atom. The molecular formula is C15H25NOS. The molecule has 0 radical (unpaired) electrons. The number of rotatable bonds is 11. The van der Waals surface area contributed by atoms with E-state index in [1.54, 1.807) is 0 Å². The van der Waals surface area contributed by atoms with Crippen LogP contribution in [-0.2, 0) is 4.74 Å². The van der Waals surface area contributed by atoms with Crippen LogP contribution in [0.25, 0.3) is 0 Å². The van der Waals surface area contributed by atoms with Gasteiger partial charge in [0, 0.05) is 30.4 Å². The maximum Gasteiger partial charge on any atom is 0.0478 e. The van der Waals surface area contributed by atoms with Gasteiger partial charge in [-0.05, 0) is 31.5 Å². The lowest BCUT2D eigenvalue weighted by Crippen LogP contribution is -2.19. The molecular weight excluding hydrogens is 242 g/mol. The number of hydrogen-bond acceptors (Lipinski definition) is 3. The molecule has 3 heteroatoms. The van der Waals surface area contributed by atoms with Gasteiger partial charge in [-0.15, -0.1) is 11.8 Å². The van der Waals surface area contributed by atoms with Crippen molar-refractivity contribution in [2.75, 3.05) is 32.1 Å². The lowest BCUT2D eigenvalue weighted by atomic mass is 10.4. The molecule has 1 aromatic carbocycles. The summed E-state index contributed by atoms with van der Waals surface area (Å²) in [6.07, 6.45) is 3.51. The molecule has 0 heterocycles. The zero-order valence-corrected chi connectivity index (χ0v) is 12.2. The molecule has 0 aromatic heterocycles. The minimum atomic E-state index is 0.888. The van der Waals surface area contributed by atoms with Gasteiger partial charge in [0.1, 0.15) is 0 Å². The van der Waals surface area contributed by atoms with Crippen LogP contribution in [0.1, 0.15) is 26.2 Å². The van der Waals surface area contributed by atoms with Crippen molar-refractivity contribution in [3.63, 3.8) is 0 Å². The van der Waals surface area contributed by atoms with Crippen molar-refractivity contribution in [2.45, 2.75) is 31.1 Å². The number of unbranched alkanes of at least 4 members (excludes halogenated alkanes) is 1. The quantitative estimate of drug-likeness (QED) is 0.489. The molecule has 1 N–H and O–H groups in total. The van der Waals surface area contributed by atoms with Crippen LogP contribution >= 0.6 is 11.8 Å². The van der Waals surface area contributed by atoms with Crippen LogP contribution in [0.4, 0.5) is 0 Å². The van der Waals surface area contributed by atoms with Crippen LogP contribution in [0.5, 0.6) is 0 Å². The fourth-order valence-corrected chi connectivity index (χ4v) is 2.36. The van der Waals surface area contributed by atoms with Crippen LogP contribution < -0.4 is 5.32 Å². The van der Waals surface area contributed by atoms with Crippen molar-refractivity contribution in [3.8, 4) is 0 Å². The normalized spacial score (nSPS) is 10.7. The Morgan fingerprint density at radius 2 is 1.83 bits per heavy atom. The zero-order valence-electron chi connectivity index (χ0n) is 11.4. The number of benzene rings is 1. The first-order chi connectivity index (χ1) is 8.93. The maximum absolute atomic E-state index is 5.50. The molecule has 0 saturated heterocycles. The van der Waals surface area contributed by atoms with E-state index in [1.165, 1.54) is 17.7 Å². The van der Waals surface area contributed by atoms with Crippen LogP contribution in [0.3, 0.4) is 0 Å². The van der Waals surface area contributed by atoms with E-state index in [2.05, 4.69) is 42.6 Å². The highest BCUT2D eigenvalue weighted by atomic mass is 32.2. The Morgan fingerprint density at radius 1 is 1.06 bits per heavy atom. The number of hydrogen-bond donors (Lipinski definition) is 1. The summed E-state index contributed by atoms with van der Waals surface area (Å²) in [5.41, 5.74) is 0. The summed E-state index contributed by atoms with van der Waals surface area (Å²) < 4.78 is 5.50. The van der Waals surface area contributed by atoms with E-state index in [0.717, 1.165) is 38.5 Å². The lowest BCUT2D eigenvalue weighted by molar-refractivity contribution is 0.129. The van der Waals surface area contributed by atoms with Gasteiger partial charge in [0.05, 0.1) is 0 Å². The van der Waals surface area contributed by atoms with E-state index in [9.17, 15) is 0 Å². The summed E-state index contributed by atoms with van der Waals surface area (Å²) >= 11 is 1.90. The minimum absolute atomic E-state index is 0.888. The highest BCUT2D eigenvalue weighted by Crippen LogP contribution is 2.15. The van der Waals surface area contributed by atoms with E-state index in [4.69, 9.17) is 4.74 Å². The van der Waals surface area contributed by atoms with Crippen molar-refractivity contribution in [1.82, 2.24) is 5.32 Å². The monoisotopic (exact) mass is 267 g/mol. The molecule has 0 spiro atoms. The SMILES string of the molecule is CCCCOCCCNCCSc1ccccc1. The molecule has 102 valence electrons. The van der Waals surface area contributed by atoms with Gasteiger partial charge in [-0.2, -0.15) is 0 Å². The summed E-state index contributed by atoms with van der Waals surface area (Å²) in [6.45, 7) is 6.12. The van der Waals surface area contributed by atoms with Gasteiger partial charge in [0.15, 0.2) is 0 Å². The highest BCUT2D eigenvalue weighted by Gasteiger charge is 1.93. The number of thioether (sulfide) groups is 1. The molecule has 0 bridgehead atoms.